The maximum absolute atomic E-state index is 13.9. The second kappa shape index (κ2) is 6.08. The number of halogens is 1. The van der Waals surface area contributed by atoms with Crippen LogP contribution in [0.5, 0.6) is 0 Å². The number of aromatic nitrogens is 1. The van der Waals surface area contributed by atoms with Crippen molar-refractivity contribution in [2.24, 2.45) is 0 Å². The number of hydrogen-bond donors (Lipinski definition) is 1. The molecule has 0 atom stereocenters. The summed E-state index contributed by atoms with van der Waals surface area (Å²) < 4.78 is 15.7. The van der Waals surface area contributed by atoms with Gasteiger partial charge in [-0.05, 0) is 42.3 Å². The zero-order chi connectivity index (χ0) is 17.6. The first-order valence-corrected chi connectivity index (χ1v) is 8.97. The molecular formula is C20H16FNO2S. The molecule has 0 amide bonds. The Morgan fingerprint density at radius 3 is 2.88 bits per heavy atom. The molecule has 3 aromatic rings. The Bertz CT molecular complexity index is 1040. The topological polar surface area (TPSA) is 42.2 Å². The Hall–Kier alpha value is -2.53. The number of nitrogens with zero attached hydrogens (tertiary/aromatic N) is 1. The summed E-state index contributed by atoms with van der Waals surface area (Å²) in [6.45, 7) is 1.76. The minimum absolute atomic E-state index is 0.141. The third-order valence-corrected chi connectivity index (χ3v) is 5.55. The highest BCUT2D eigenvalue weighted by Gasteiger charge is 2.23. The van der Waals surface area contributed by atoms with E-state index in [0.717, 1.165) is 39.0 Å². The van der Waals surface area contributed by atoms with Gasteiger partial charge in [0.25, 0.3) is 0 Å². The van der Waals surface area contributed by atoms with Gasteiger partial charge in [0.2, 0.25) is 0 Å². The normalized spacial score (nSPS) is 13.6. The van der Waals surface area contributed by atoms with Gasteiger partial charge in [-0.2, -0.15) is 0 Å². The molecule has 1 aromatic heterocycles. The lowest BCUT2D eigenvalue weighted by atomic mass is 9.95. The van der Waals surface area contributed by atoms with E-state index in [4.69, 9.17) is 0 Å². The van der Waals surface area contributed by atoms with E-state index >= 15 is 0 Å². The summed E-state index contributed by atoms with van der Waals surface area (Å²) in [6, 6.07) is 12.7. The molecule has 0 saturated heterocycles. The molecule has 1 aliphatic heterocycles. The van der Waals surface area contributed by atoms with Crippen LogP contribution in [0, 0.1) is 12.7 Å². The van der Waals surface area contributed by atoms with E-state index in [1.165, 1.54) is 17.0 Å². The van der Waals surface area contributed by atoms with E-state index in [1.807, 2.05) is 19.1 Å². The van der Waals surface area contributed by atoms with Crippen LogP contribution in [-0.4, -0.2) is 21.4 Å². The molecule has 25 heavy (non-hydrogen) atoms. The van der Waals surface area contributed by atoms with Gasteiger partial charge in [0.05, 0.1) is 0 Å². The molecule has 2 aromatic carbocycles. The molecule has 4 rings (SSSR count). The van der Waals surface area contributed by atoms with Gasteiger partial charge in [-0.1, -0.05) is 24.3 Å². The molecule has 0 fully saturated rings. The third-order valence-electron chi connectivity index (χ3n) is 4.55. The minimum Gasteiger partial charge on any atom is -0.480 e. The first-order chi connectivity index (χ1) is 12.1. The van der Waals surface area contributed by atoms with Crippen LogP contribution in [0.15, 0.2) is 53.4 Å². The summed E-state index contributed by atoms with van der Waals surface area (Å²) in [7, 11) is 0. The van der Waals surface area contributed by atoms with E-state index in [1.54, 1.807) is 22.4 Å². The number of carboxylic acids is 1. The average Bonchev–Trinajstić information content (AvgIpc) is 2.85. The van der Waals surface area contributed by atoms with Gasteiger partial charge in [-0.3, -0.25) is 4.79 Å². The summed E-state index contributed by atoms with van der Waals surface area (Å²) in [5.74, 6) is -0.392. The fraction of sp³-hybridized carbons (Fsp3) is 0.150. The quantitative estimate of drug-likeness (QED) is 0.741. The maximum Gasteiger partial charge on any atom is 0.323 e. The van der Waals surface area contributed by atoms with E-state index in [9.17, 15) is 14.3 Å². The summed E-state index contributed by atoms with van der Waals surface area (Å²) in [5, 5.41) is 10.0. The first-order valence-electron chi connectivity index (χ1n) is 7.99. The van der Waals surface area contributed by atoms with Crippen molar-refractivity contribution in [2.45, 2.75) is 18.4 Å². The van der Waals surface area contributed by atoms with Crippen molar-refractivity contribution in [2.75, 3.05) is 5.75 Å². The molecular weight excluding hydrogens is 337 g/mol. The first kappa shape index (κ1) is 16.0. The number of carbonyl (C=O) groups is 1. The summed E-state index contributed by atoms with van der Waals surface area (Å²) in [4.78, 5) is 12.5. The van der Waals surface area contributed by atoms with Crippen molar-refractivity contribution in [1.29, 1.82) is 0 Å². The van der Waals surface area contributed by atoms with E-state index in [2.05, 4.69) is 18.2 Å². The van der Waals surface area contributed by atoms with Crippen molar-refractivity contribution in [3.8, 4) is 0 Å². The molecule has 0 aliphatic carbocycles. The van der Waals surface area contributed by atoms with Gasteiger partial charge in [0.1, 0.15) is 12.4 Å². The SMILES string of the molecule is Cc1c(C2=CCSc3ccccc32)c2cc(F)ccc2n1CC(=O)O. The highest BCUT2D eigenvalue weighted by atomic mass is 32.2. The third kappa shape index (κ3) is 2.65. The average molecular weight is 353 g/mol. The smallest absolute Gasteiger partial charge is 0.323 e. The van der Waals surface area contributed by atoms with Crippen molar-refractivity contribution < 1.29 is 14.3 Å². The fourth-order valence-electron chi connectivity index (χ4n) is 3.51. The summed E-state index contributed by atoms with van der Waals surface area (Å²) in [5.41, 5.74) is 4.67. The molecule has 0 saturated carbocycles. The molecule has 5 heteroatoms. The molecule has 0 radical (unpaired) electrons. The molecule has 2 heterocycles. The number of fused-ring (bicyclic) bond motifs is 2. The Balaban J connectivity index is 2.02. The number of thioether (sulfide) groups is 1. The van der Waals surface area contributed by atoms with Crippen molar-refractivity contribution in [3.05, 3.63) is 71.2 Å². The lowest BCUT2D eigenvalue weighted by molar-refractivity contribution is -0.137. The predicted octanol–water partition coefficient (Wildman–Crippen LogP) is 4.71. The van der Waals surface area contributed by atoms with E-state index in [-0.39, 0.29) is 12.4 Å². The highest BCUT2D eigenvalue weighted by Crippen LogP contribution is 2.41. The fourth-order valence-corrected chi connectivity index (χ4v) is 4.45. The van der Waals surface area contributed by atoms with Gasteiger partial charge in [0, 0.05) is 32.8 Å². The Morgan fingerprint density at radius 2 is 2.08 bits per heavy atom. The number of hydrogen-bond acceptors (Lipinski definition) is 2. The zero-order valence-corrected chi connectivity index (χ0v) is 14.4. The van der Waals surface area contributed by atoms with Crippen LogP contribution < -0.4 is 0 Å². The minimum atomic E-state index is -0.913. The van der Waals surface area contributed by atoms with Gasteiger partial charge < -0.3 is 9.67 Å². The van der Waals surface area contributed by atoms with Gasteiger partial charge >= 0.3 is 5.97 Å². The molecule has 126 valence electrons. The second-order valence-corrected chi connectivity index (χ2v) is 7.09. The van der Waals surface area contributed by atoms with E-state index < -0.39 is 5.97 Å². The van der Waals surface area contributed by atoms with Crippen LogP contribution in [0.25, 0.3) is 16.5 Å². The number of benzene rings is 2. The van der Waals surface area contributed by atoms with Crippen LogP contribution in [0.3, 0.4) is 0 Å². The highest BCUT2D eigenvalue weighted by molar-refractivity contribution is 7.99. The lowest BCUT2D eigenvalue weighted by Crippen LogP contribution is -2.10. The van der Waals surface area contributed by atoms with Crippen LogP contribution in [0.4, 0.5) is 4.39 Å². The summed E-state index contributed by atoms with van der Waals surface area (Å²) >= 11 is 1.77. The zero-order valence-electron chi connectivity index (χ0n) is 13.6. The number of rotatable bonds is 3. The van der Waals surface area contributed by atoms with Gasteiger partial charge in [-0.15, -0.1) is 11.8 Å². The van der Waals surface area contributed by atoms with Crippen molar-refractivity contribution in [3.63, 3.8) is 0 Å². The standard InChI is InChI=1S/C20H16FNO2S/c1-12-20(15-8-9-25-18-5-3-2-4-14(15)18)16-10-13(21)6-7-17(16)22(12)11-19(23)24/h2-8,10H,9,11H2,1H3,(H,23,24). The van der Waals surface area contributed by atoms with Crippen LogP contribution in [-0.2, 0) is 11.3 Å². The lowest BCUT2D eigenvalue weighted by Gasteiger charge is -2.18. The Kier molecular flexibility index (Phi) is 3.88. The van der Waals surface area contributed by atoms with Crippen molar-refractivity contribution in [1.82, 2.24) is 4.57 Å². The van der Waals surface area contributed by atoms with Crippen LogP contribution in [0.2, 0.25) is 0 Å². The monoisotopic (exact) mass is 353 g/mol. The molecule has 1 N–H and O–H groups in total. The Labute approximate surface area is 148 Å². The largest absolute Gasteiger partial charge is 0.480 e. The molecule has 0 bridgehead atoms. The Morgan fingerprint density at radius 1 is 1.28 bits per heavy atom. The van der Waals surface area contributed by atoms with E-state index in [0.29, 0.717) is 0 Å². The second-order valence-electron chi connectivity index (χ2n) is 6.03. The van der Waals surface area contributed by atoms with Crippen LogP contribution in [0.1, 0.15) is 16.8 Å². The van der Waals surface area contributed by atoms with Gasteiger partial charge in [0.15, 0.2) is 0 Å². The predicted molar refractivity (Wildman–Crippen MR) is 98.5 cm³/mol. The molecule has 0 spiro atoms. The van der Waals surface area contributed by atoms with Gasteiger partial charge in [-0.25, -0.2) is 4.39 Å². The van der Waals surface area contributed by atoms with Crippen molar-refractivity contribution >= 4 is 34.2 Å². The van der Waals surface area contributed by atoms with Crippen LogP contribution >= 0.6 is 11.8 Å². The summed E-state index contributed by atoms with van der Waals surface area (Å²) in [6.07, 6.45) is 2.14. The molecule has 3 nitrogen and oxygen atoms in total. The molecule has 1 aliphatic rings. The molecule has 0 unspecified atom stereocenters. The number of aliphatic carboxylic acids is 1. The maximum atomic E-state index is 13.9. The number of carboxylic acid groups (broad SMARTS) is 1.